The van der Waals surface area contributed by atoms with Crippen molar-refractivity contribution in [2.75, 3.05) is 41.2 Å². The monoisotopic (exact) mass is 465 g/mol. The highest BCUT2D eigenvalue weighted by Gasteiger charge is 2.17. The summed E-state index contributed by atoms with van der Waals surface area (Å²) in [4.78, 5) is 15.1. The third-order valence-electron chi connectivity index (χ3n) is 5.53. The normalized spacial score (nSPS) is 14.1. The quantitative estimate of drug-likeness (QED) is 0.570. The van der Waals surface area contributed by atoms with Gasteiger partial charge in [-0.25, -0.2) is 8.42 Å². The second kappa shape index (κ2) is 9.64. The fourth-order valence-corrected chi connectivity index (χ4v) is 5.07. The third-order valence-corrected chi connectivity index (χ3v) is 7.06. The lowest BCUT2D eigenvalue weighted by Gasteiger charge is -2.28. The fraction of sp³-hybridized carbons (Fsp3) is 0.240. The van der Waals surface area contributed by atoms with Gasteiger partial charge >= 0.3 is 0 Å². The van der Waals surface area contributed by atoms with E-state index in [0.29, 0.717) is 22.5 Å². The van der Waals surface area contributed by atoms with Gasteiger partial charge in [0, 0.05) is 35.7 Å². The van der Waals surface area contributed by atoms with E-state index < -0.39 is 10.0 Å². The van der Waals surface area contributed by atoms with Crippen LogP contribution in [0.2, 0.25) is 0 Å². The van der Waals surface area contributed by atoms with Crippen molar-refractivity contribution in [3.05, 3.63) is 83.4 Å². The highest BCUT2D eigenvalue weighted by atomic mass is 32.2. The van der Waals surface area contributed by atoms with Gasteiger partial charge in [-0.05, 0) is 79.6 Å². The molecule has 172 valence electrons. The lowest BCUT2D eigenvalue weighted by Crippen LogP contribution is -2.36. The summed E-state index contributed by atoms with van der Waals surface area (Å²) >= 11 is 0. The zero-order valence-corrected chi connectivity index (χ0v) is 19.5. The van der Waals surface area contributed by atoms with Crippen LogP contribution in [0, 0.1) is 13.8 Å². The molecule has 0 radical (unpaired) electrons. The Labute approximate surface area is 194 Å². The van der Waals surface area contributed by atoms with E-state index in [-0.39, 0.29) is 10.8 Å². The summed E-state index contributed by atoms with van der Waals surface area (Å²) in [5, 5.41) is 2.87. The van der Waals surface area contributed by atoms with Crippen molar-refractivity contribution >= 4 is 33.0 Å². The van der Waals surface area contributed by atoms with Gasteiger partial charge in [-0.1, -0.05) is 12.1 Å². The molecule has 0 bridgehead atoms. The Kier molecular flexibility index (Phi) is 6.67. The first-order valence-corrected chi connectivity index (χ1v) is 12.2. The number of morpholine rings is 1. The van der Waals surface area contributed by atoms with Gasteiger partial charge in [0.05, 0.1) is 18.1 Å². The second-order valence-electron chi connectivity index (χ2n) is 8.05. The van der Waals surface area contributed by atoms with E-state index in [9.17, 15) is 13.2 Å². The zero-order chi connectivity index (χ0) is 23.4. The average molecular weight is 466 g/mol. The smallest absolute Gasteiger partial charge is 0.262 e. The van der Waals surface area contributed by atoms with E-state index in [1.807, 2.05) is 37.3 Å². The first kappa shape index (κ1) is 22.8. The Morgan fingerprint density at radius 3 is 2.18 bits per heavy atom. The molecule has 1 amide bonds. The fourth-order valence-electron chi connectivity index (χ4n) is 3.68. The van der Waals surface area contributed by atoms with Crippen molar-refractivity contribution < 1.29 is 17.9 Å². The van der Waals surface area contributed by atoms with Crippen LogP contribution in [0.4, 0.5) is 17.1 Å². The molecule has 33 heavy (non-hydrogen) atoms. The number of nitrogens with one attached hydrogen (secondary N) is 2. The van der Waals surface area contributed by atoms with Crippen LogP contribution in [-0.2, 0) is 14.8 Å². The Morgan fingerprint density at radius 2 is 1.52 bits per heavy atom. The number of sulfonamides is 1. The number of hydrogen-bond donors (Lipinski definition) is 2. The Balaban J connectivity index is 1.40. The summed E-state index contributed by atoms with van der Waals surface area (Å²) in [7, 11) is -3.72. The molecule has 0 spiro atoms. The molecule has 3 aromatic carbocycles. The number of nitrogens with zero attached hydrogens (tertiary/aromatic N) is 1. The summed E-state index contributed by atoms with van der Waals surface area (Å²) in [5.74, 6) is -0.266. The largest absolute Gasteiger partial charge is 0.378 e. The van der Waals surface area contributed by atoms with Crippen molar-refractivity contribution in [1.82, 2.24) is 0 Å². The van der Waals surface area contributed by atoms with Gasteiger partial charge in [-0.3, -0.25) is 9.52 Å². The predicted octanol–water partition coefficient (Wildman–Crippen LogP) is 4.19. The zero-order valence-electron chi connectivity index (χ0n) is 18.7. The summed E-state index contributed by atoms with van der Waals surface area (Å²) in [6, 6.07) is 19.4. The first-order chi connectivity index (χ1) is 15.8. The average Bonchev–Trinajstić information content (AvgIpc) is 2.82. The van der Waals surface area contributed by atoms with Crippen LogP contribution in [0.1, 0.15) is 21.5 Å². The van der Waals surface area contributed by atoms with Crippen LogP contribution in [0.25, 0.3) is 0 Å². The lowest BCUT2D eigenvalue weighted by atomic mass is 10.2. The molecular weight excluding hydrogens is 438 g/mol. The van der Waals surface area contributed by atoms with Crippen molar-refractivity contribution in [1.29, 1.82) is 0 Å². The van der Waals surface area contributed by atoms with Crippen LogP contribution in [-0.4, -0.2) is 40.6 Å². The van der Waals surface area contributed by atoms with Crippen molar-refractivity contribution in [2.45, 2.75) is 18.7 Å². The van der Waals surface area contributed by atoms with E-state index in [4.69, 9.17) is 4.74 Å². The van der Waals surface area contributed by atoms with Gasteiger partial charge in [-0.15, -0.1) is 0 Å². The van der Waals surface area contributed by atoms with E-state index in [2.05, 4.69) is 14.9 Å². The summed E-state index contributed by atoms with van der Waals surface area (Å²) < 4.78 is 33.5. The van der Waals surface area contributed by atoms with Gasteiger partial charge in [0.25, 0.3) is 15.9 Å². The number of hydrogen-bond acceptors (Lipinski definition) is 5. The maximum absolute atomic E-state index is 12.8. The number of rotatable bonds is 6. The minimum absolute atomic E-state index is 0.241. The molecular formula is C25H27N3O4S. The molecule has 8 heteroatoms. The number of ether oxygens (including phenoxy) is 1. The molecule has 0 aliphatic carbocycles. The number of benzene rings is 3. The van der Waals surface area contributed by atoms with Crippen LogP contribution >= 0.6 is 0 Å². The van der Waals surface area contributed by atoms with Gasteiger partial charge in [0.2, 0.25) is 0 Å². The predicted molar refractivity (Wildman–Crippen MR) is 131 cm³/mol. The molecule has 0 saturated carbocycles. The van der Waals surface area contributed by atoms with Gasteiger partial charge in [0.1, 0.15) is 0 Å². The summed E-state index contributed by atoms with van der Waals surface area (Å²) in [5.41, 5.74) is 4.15. The summed E-state index contributed by atoms with van der Waals surface area (Å²) in [6.45, 7) is 6.75. The molecule has 1 fully saturated rings. The number of amides is 1. The maximum Gasteiger partial charge on any atom is 0.262 e. The number of carbonyl (C=O) groups is 1. The molecule has 1 heterocycles. The molecule has 0 aromatic heterocycles. The van der Waals surface area contributed by atoms with Crippen molar-refractivity contribution in [3.8, 4) is 0 Å². The van der Waals surface area contributed by atoms with Crippen LogP contribution in [0.15, 0.2) is 71.6 Å². The molecule has 1 aliphatic rings. The Morgan fingerprint density at radius 1 is 0.879 bits per heavy atom. The SMILES string of the molecule is Cc1ccc(C)c(S(=O)(=O)Nc2ccc(C(=O)Nc3ccc(N4CCOCC4)cc3)cc2)c1. The van der Waals surface area contributed by atoms with Crippen LogP contribution in [0.3, 0.4) is 0 Å². The minimum Gasteiger partial charge on any atom is -0.378 e. The standard InChI is InChI=1S/C25H27N3O4S/c1-18-3-4-19(2)24(17-18)33(30,31)27-22-7-5-20(6-8-22)25(29)26-21-9-11-23(12-10-21)28-13-15-32-16-14-28/h3-12,17,27H,13-16H2,1-2H3,(H,26,29). The molecule has 3 aromatic rings. The van der Waals surface area contributed by atoms with Crippen molar-refractivity contribution in [2.24, 2.45) is 0 Å². The second-order valence-corrected chi connectivity index (χ2v) is 9.70. The van der Waals surface area contributed by atoms with Crippen molar-refractivity contribution in [3.63, 3.8) is 0 Å². The molecule has 4 rings (SSSR count). The first-order valence-electron chi connectivity index (χ1n) is 10.8. The highest BCUT2D eigenvalue weighted by Crippen LogP contribution is 2.22. The topological polar surface area (TPSA) is 87.7 Å². The molecule has 1 aliphatic heterocycles. The van der Waals surface area contributed by atoms with Gasteiger partial charge in [-0.2, -0.15) is 0 Å². The lowest BCUT2D eigenvalue weighted by molar-refractivity contribution is 0.102. The number of anilines is 3. The van der Waals surface area contributed by atoms with E-state index in [0.717, 1.165) is 37.6 Å². The Bertz CT molecular complexity index is 1230. The molecule has 0 atom stereocenters. The van der Waals surface area contributed by atoms with Gasteiger partial charge in [0.15, 0.2) is 0 Å². The van der Waals surface area contributed by atoms with E-state index in [1.165, 1.54) is 0 Å². The number of carbonyl (C=O) groups excluding carboxylic acids is 1. The molecule has 2 N–H and O–H groups in total. The van der Waals surface area contributed by atoms with Crippen LogP contribution in [0.5, 0.6) is 0 Å². The summed E-state index contributed by atoms with van der Waals surface area (Å²) in [6.07, 6.45) is 0. The number of aryl methyl sites for hydroxylation is 2. The van der Waals surface area contributed by atoms with E-state index in [1.54, 1.807) is 43.3 Å². The highest BCUT2D eigenvalue weighted by molar-refractivity contribution is 7.92. The van der Waals surface area contributed by atoms with Crippen LogP contribution < -0.4 is 14.9 Å². The molecule has 0 unspecified atom stereocenters. The van der Waals surface area contributed by atoms with E-state index >= 15 is 0 Å². The minimum atomic E-state index is -3.72. The molecule has 7 nitrogen and oxygen atoms in total. The van der Waals surface area contributed by atoms with Gasteiger partial charge < -0.3 is 15.0 Å². The maximum atomic E-state index is 12.8. The molecule has 1 saturated heterocycles. The Hall–Kier alpha value is -3.36. The third kappa shape index (κ3) is 5.53.